The minimum absolute atomic E-state index is 0.361. The van der Waals surface area contributed by atoms with Crippen molar-refractivity contribution in [3.8, 4) is 17.1 Å². The molecule has 78 valence electrons. The number of methoxy groups -OCH3 is 1. The van der Waals surface area contributed by atoms with Gasteiger partial charge in [-0.2, -0.15) is 5.10 Å². The van der Waals surface area contributed by atoms with Gasteiger partial charge in [0.05, 0.1) is 7.11 Å². The van der Waals surface area contributed by atoms with Gasteiger partial charge in [-0.05, 0) is 12.1 Å². The first-order valence-corrected chi connectivity index (χ1v) is 4.29. The molecule has 0 amide bonds. The van der Waals surface area contributed by atoms with Crippen molar-refractivity contribution in [1.29, 1.82) is 0 Å². The van der Waals surface area contributed by atoms with Crippen molar-refractivity contribution in [2.24, 2.45) is 0 Å². The summed E-state index contributed by atoms with van der Waals surface area (Å²) < 4.78 is 5.01. The first kappa shape index (κ1) is 9.32. The summed E-state index contributed by atoms with van der Waals surface area (Å²) in [6.45, 7) is 0. The average Bonchev–Trinajstić information content (AvgIpc) is 2.64. The number of anilines is 1. The van der Waals surface area contributed by atoms with E-state index >= 15 is 0 Å². The Kier molecular flexibility index (Phi) is 2.17. The number of aromatic nitrogens is 3. The monoisotopic (exact) mass is 206 g/mol. The van der Waals surface area contributed by atoms with Crippen LogP contribution < -0.4 is 16.2 Å². The van der Waals surface area contributed by atoms with Crippen LogP contribution in [0.5, 0.6) is 5.75 Å². The van der Waals surface area contributed by atoms with Gasteiger partial charge in [-0.3, -0.25) is 4.98 Å². The Morgan fingerprint density at radius 1 is 1.47 bits per heavy atom. The van der Waals surface area contributed by atoms with Crippen LogP contribution in [-0.4, -0.2) is 22.3 Å². The number of aromatic amines is 2. The van der Waals surface area contributed by atoms with Crippen molar-refractivity contribution in [3.05, 3.63) is 28.7 Å². The van der Waals surface area contributed by atoms with Crippen molar-refractivity contribution in [1.82, 2.24) is 15.2 Å². The molecule has 0 fully saturated rings. The second kappa shape index (κ2) is 3.49. The van der Waals surface area contributed by atoms with Gasteiger partial charge in [0.2, 0.25) is 0 Å². The van der Waals surface area contributed by atoms with Crippen molar-refractivity contribution >= 4 is 5.69 Å². The molecule has 0 aliphatic rings. The zero-order valence-electron chi connectivity index (χ0n) is 8.07. The summed E-state index contributed by atoms with van der Waals surface area (Å²) >= 11 is 0. The third-order valence-corrected chi connectivity index (χ3v) is 2.02. The van der Waals surface area contributed by atoms with E-state index in [1.54, 1.807) is 25.3 Å². The topological polar surface area (TPSA) is 96.8 Å². The van der Waals surface area contributed by atoms with Gasteiger partial charge in [-0.15, -0.1) is 0 Å². The molecule has 6 nitrogen and oxygen atoms in total. The van der Waals surface area contributed by atoms with Crippen LogP contribution in [0.2, 0.25) is 0 Å². The Morgan fingerprint density at radius 3 is 2.80 bits per heavy atom. The first-order chi connectivity index (χ1) is 7.20. The number of hydrogen-bond acceptors (Lipinski definition) is 4. The van der Waals surface area contributed by atoms with Crippen LogP contribution in [0.3, 0.4) is 0 Å². The molecule has 1 aromatic heterocycles. The Morgan fingerprint density at radius 2 is 2.27 bits per heavy atom. The number of benzene rings is 1. The van der Waals surface area contributed by atoms with Crippen LogP contribution in [-0.2, 0) is 0 Å². The predicted octanol–water partition coefficient (Wildman–Crippen LogP) is 0.356. The lowest BCUT2D eigenvalue weighted by atomic mass is 10.1. The zero-order chi connectivity index (χ0) is 10.8. The molecule has 1 aromatic carbocycles. The number of rotatable bonds is 2. The minimum atomic E-state index is -0.361. The van der Waals surface area contributed by atoms with Crippen LogP contribution >= 0.6 is 0 Å². The average molecular weight is 206 g/mol. The van der Waals surface area contributed by atoms with Gasteiger partial charge in [-0.25, -0.2) is 9.89 Å². The molecule has 0 saturated carbocycles. The minimum Gasteiger partial charge on any atom is -0.497 e. The molecule has 0 saturated heterocycles. The first-order valence-electron chi connectivity index (χ1n) is 4.29. The number of hydrogen-bond donors (Lipinski definition) is 3. The molecule has 1 heterocycles. The Labute approximate surface area is 85.1 Å². The summed E-state index contributed by atoms with van der Waals surface area (Å²) in [7, 11) is 1.56. The molecule has 6 heteroatoms. The van der Waals surface area contributed by atoms with E-state index in [4.69, 9.17) is 10.5 Å². The van der Waals surface area contributed by atoms with E-state index in [1.165, 1.54) is 0 Å². The molecule has 0 aliphatic heterocycles. The van der Waals surface area contributed by atoms with Crippen molar-refractivity contribution < 1.29 is 4.74 Å². The molecule has 15 heavy (non-hydrogen) atoms. The second-order valence-corrected chi connectivity index (χ2v) is 2.98. The molecular formula is C9H10N4O2. The quantitative estimate of drug-likeness (QED) is 0.618. The van der Waals surface area contributed by atoms with Crippen LogP contribution in [0.1, 0.15) is 0 Å². The molecule has 2 aromatic rings. The maximum Gasteiger partial charge on any atom is 0.340 e. The summed E-state index contributed by atoms with van der Waals surface area (Å²) in [6, 6.07) is 5.15. The van der Waals surface area contributed by atoms with Gasteiger partial charge in [0.15, 0.2) is 5.82 Å². The maximum absolute atomic E-state index is 10.9. The fraction of sp³-hybridized carbons (Fsp3) is 0.111. The van der Waals surface area contributed by atoms with E-state index in [0.29, 0.717) is 22.8 Å². The Bertz CT molecular complexity index is 529. The number of nitrogen functional groups attached to an aromatic ring is 1. The lowest BCUT2D eigenvalue weighted by molar-refractivity contribution is 0.415. The maximum atomic E-state index is 10.9. The smallest absolute Gasteiger partial charge is 0.340 e. The third-order valence-electron chi connectivity index (χ3n) is 2.02. The molecule has 2 rings (SSSR count). The van der Waals surface area contributed by atoms with Crippen molar-refractivity contribution in [2.45, 2.75) is 0 Å². The van der Waals surface area contributed by atoms with E-state index in [-0.39, 0.29) is 5.69 Å². The van der Waals surface area contributed by atoms with E-state index in [0.717, 1.165) is 0 Å². The predicted molar refractivity (Wildman–Crippen MR) is 55.6 cm³/mol. The molecule has 0 radical (unpaired) electrons. The van der Waals surface area contributed by atoms with E-state index < -0.39 is 0 Å². The second-order valence-electron chi connectivity index (χ2n) is 2.98. The summed E-state index contributed by atoms with van der Waals surface area (Å²) in [5.74, 6) is 1.08. The van der Waals surface area contributed by atoms with Crippen LogP contribution in [0.25, 0.3) is 11.4 Å². The van der Waals surface area contributed by atoms with Gasteiger partial charge >= 0.3 is 5.69 Å². The van der Waals surface area contributed by atoms with Crippen LogP contribution in [0.15, 0.2) is 23.0 Å². The molecule has 4 N–H and O–H groups in total. The van der Waals surface area contributed by atoms with Gasteiger partial charge in [0, 0.05) is 17.3 Å². The summed E-state index contributed by atoms with van der Waals surface area (Å²) in [5.41, 5.74) is 6.58. The SMILES string of the molecule is COc1ccc(-c2n[nH]c(=O)[nH]2)c(N)c1. The Balaban J connectivity index is 2.49. The molecular weight excluding hydrogens is 196 g/mol. The number of nitrogens with one attached hydrogen (secondary N) is 2. The van der Waals surface area contributed by atoms with E-state index in [1.807, 2.05) is 0 Å². The zero-order valence-corrected chi connectivity index (χ0v) is 8.07. The highest BCUT2D eigenvalue weighted by atomic mass is 16.5. The van der Waals surface area contributed by atoms with Gasteiger partial charge in [-0.1, -0.05) is 0 Å². The van der Waals surface area contributed by atoms with Crippen molar-refractivity contribution in [2.75, 3.05) is 12.8 Å². The standard InChI is InChI=1S/C9H10N4O2/c1-15-5-2-3-6(7(10)4-5)8-11-9(14)13-12-8/h2-4H,10H2,1H3,(H2,11,12,13,14). The van der Waals surface area contributed by atoms with Crippen molar-refractivity contribution in [3.63, 3.8) is 0 Å². The van der Waals surface area contributed by atoms with Crippen LogP contribution in [0, 0.1) is 0 Å². The molecule has 0 aliphatic carbocycles. The number of ether oxygens (including phenoxy) is 1. The molecule has 0 spiro atoms. The third kappa shape index (κ3) is 1.69. The number of nitrogens with two attached hydrogens (primary N) is 1. The van der Waals surface area contributed by atoms with E-state index in [2.05, 4.69) is 15.2 Å². The van der Waals surface area contributed by atoms with E-state index in [9.17, 15) is 4.79 Å². The molecule has 0 unspecified atom stereocenters. The van der Waals surface area contributed by atoms with Gasteiger partial charge in [0.1, 0.15) is 5.75 Å². The molecule has 0 bridgehead atoms. The summed E-state index contributed by atoms with van der Waals surface area (Å²) in [5, 5.41) is 6.06. The lowest BCUT2D eigenvalue weighted by Crippen LogP contribution is -2.00. The largest absolute Gasteiger partial charge is 0.497 e. The fourth-order valence-corrected chi connectivity index (χ4v) is 1.28. The lowest BCUT2D eigenvalue weighted by Gasteiger charge is -2.04. The fourth-order valence-electron chi connectivity index (χ4n) is 1.28. The normalized spacial score (nSPS) is 10.2. The summed E-state index contributed by atoms with van der Waals surface area (Å²) in [6.07, 6.45) is 0. The highest BCUT2D eigenvalue weighted by Gasteiger charge is 2.07. The number of H-pyrrole nitrogens is 2. The summed E-state index contributed by atoms with van der Waals surface area (Å²) in [4.78, 5) is 13.4. The highest BCUT2D eigenvalue weighted by molar-refractivity contribution is 5.72. The van der Waals surface area contributed by atoms with Gasteiger partial charge in [0.25, 0.3) is 0 Å². The van der Waals surface area contributed by atoms with Gasteiger partial charge < -0.3 is 10.5 Å². The highest BCUT2D eigenvalue weighted by Crippen LogP contribution is 2.25. The molecule has 0 atom stereocenters. The van der Waals surface area contributed by atoms with Crippen LogP contribution in [0.4, 0.5) is 5.69 Å². The number of nitrogens with zero attached hydrogens (tertiary/aromatic N) is 1. The Hall–Kier alpha value is -2.24.